The molecule has 2 amide bonds. The Morgan fingerprint density at radius 3 is 2.70 bits per heavy atom. The van der Waals surface area contributed by atoms with Crippen LogP contribution in [0.4, 0.5) is 22.0 Å². The van der Waals surface area contributed by atoms with E-state index in [2.05, 4.69) is 52.2 Å². The number of carbonyl (C=O) groups is 1. The fourth-order valence-electron chi connectivity index (χ4n) is 2.10. The van der Waals surface area contributed by atoms with Gasteiger partial charge in [-0.2, -0.15) is 0 Å². The van der Waals surface area contributed by atoms with E-state index < -0.39 is 16.1 Å². The molecule has 1 aliphatic heterocycles. The normalized spacial score (nSPS) is 14.7. The standard InChI is InChI=1S/C13H10Br2N4O3S/c14-8-3-1-2-4-9(8)16-13(20)18-12-11-7(5-10(15)17-12)6-23(21,22)19-11/h1-5,19H,6H2,(H2,16,17,18,20). The summed E-state index contributed by atoms with van der Waals surface area (Å²) in [4.78, 5) is 16.3. The van der Waals surface area contributed by atoms with Crippen molar-refractivity contribution >= 4 is 65.1 Å². The predicted molar refractivity (Wildman–Crippen MR) is 95.0 cm³/mol. The van der Waals surface area contributed by atoms with Crippen molar-refractivity contribution in [3.05, 3.63) is 45.0 Å². The number of hydrogen-bond donors (Lipinski definition) is 3. The molecular formula is C13H10Br2N4O3S. The molecule has 0 radical (unpaired) electrons. The number of nitrogens with one attached hydrogen (secondary N) is 3. The van der Waals surface area contributed by atoms with E-state index in [-0.39, 0.29) is 17.3 Å². The summed E-state index contributed by atoms with van der Waals surface area (Å²) < 4.78 is 26.9. The van der Waals surface area contributed by atoms with E-state index in [1.807, 2.05) is 6.07 Å². The number of urea groups is 1. The molecule has 0 saturated heterocycles. The van der Waals surface area contributed by atoms with Crippen molar-refractivity contribution in [2.45, 2.75) is 5.75 Å². The molecule has 0 aliphatic carbocycles. The average molecular weight is 462 g/mol. The Bertz CT molecular complexity index is 902. The first kappa shape index (κ1) is 16.2. The Balaban J connectivity index is 1.84. The van der Waals surface area contributed by atoms with Crippen molar-refractivity contribution in [1.29, 1.82) is 0 Å². The Morgan fingerprint density at radius 1 is 1.22 bits per heavy atom. The van der Waals surface area contributed by atoms with Crippen LogP contribution in [-0.2, 0) is 15.8 Å². The molecule has 3 N–H and O–H groups in total. The molecule has 1 aromatic carbocycles. The molecule has 1 aromatic heterocycles. The number of rotatable bonds is 2. The molecule has 3 rings (SSSR count). The molecule has 0 bridgehead atoms. The van der Waals surface area contributed by atoms with Crippen molar-refractivity contribution in [3.63, 3.8) is 0 Å². The molecule has 0 saturated carbocycles. The fourth-order valence-corrected chi connectivity index (χ4v) is 4.19. The van der Waals surface area contributed by atoms with Crippen molar-refractivity contribution in [3.8, 4) is 0 Å². The lowest BCUT2D eigenvalue weighted by molar-refractivity contribution is 0.262. The number of amides is 2. The number of anilines is 3. The summed E-state index contributed by atoms with van der Waals surface area (Å²) in [7, 11) is -3.44. The molecule has 0 atom stereocenters. The van der Waals surface area contributed by atoms with Gasteiger partial charge in [0.1, 0.15) is 4.60 Å². The Hall–Kier alpha value is -1.65. The first-order chi connectivity index (χ1) is 10.8. The maximum Gasteiger partial charge on any atom is 0.324 e. The maximum absolute atomic E-state index is 12.1. The zero-order valence-electron chi connectivity index (χ0n) is 11.4. The van der Waals surface area contributed by atoms with E-state index in [1.54, 1.807) is 24.3 Å². The largest absolute Gasteiger partial charge is 0.324 e. The SMILES string of the molecule is O=C(Nc1ccccc1Br)Nc1nc(Br)cc2c1NS(=O)(=O)C2. The summed E-state index contributed by atoms with van der Waals surface area (Å²) in [6, 6.07) is 8.19. The van der Waals surface area contributed by atoms with Crippen molar-refractivity contribution in [2.75, 3.05) is 15.4 Å². The average Bonchev–Trinajstić information content (AvgIpc) is 2.75. The van der Waals surface area contributed by atoms with Gasteiger partial charge in [-0.1, -0.05) is 12.1 Å². The van der Waals surface area contributed by atoms with Crippen LogP contribution in [0.25, 0.3) is 0 Å². The van der Waals surface area contributed by atoms with Gasteiger partial charge in [-0.15, -0.1) is 0 Å². The van der Waals surface area contributed by atoms with Gasteiger partial charge in [-0.25, -0.2) is 18.2 Å². The minimum Gasteiger partial charge on any atom is -0.307 e. The zero-order chi connectivity index (χ0) is 16.6. The van der Waals surface area contributed by atoms with E-state index in [0.29, 0.717) is 15.9 Å². The molecule has 2 heterocycles. The molecule has 2 aromatic rings. The molecule has 1 aliphatic rings. The van der Waals surface area contributed by atoms with Crippen LogP contribution in [0.5, 0.6) is 0 Å². The number of hydrogen-bond acceptors (Lipinski definition) is 4. The summed E-state index contributed by atoms with van der Waals surface area (Å²) in [5.41, 5.74) is 1.41. The second-order valence-corrected chi connectivity index (χ2v) is 8.14. The van der Waals surface area contributed by atoms with Gasteiger partial charge in [0.05, 0.1) is 17.1 Å². The highest BCUT2D eigenvalue weighted by atomic mass is 79.9. The number of carbonyl (C=O) groups excluding carboxylic acids is 1. The predicted octanol–water partition coefficient (Wildman–Crippen LogP) is 3.51. The van der Waals surface area contributed by atoms with E-state index in [0.717, 1.165) is 4.47 Å². The molecular weight excluding hydrogens is 452 g/mol. The zero-order valence-corrected chi connectivity index (χ0v) is 15.4. The summed E-state index contributed by atoms with van der Waals surface area (Å²) in [6.45, 7) is 0. The lowest BCUT2D eigenvalue weighted by Gasteiger charge is -2.11. The lowest BCUT2D eigenvalue weighted by Crippen LogP contribution is -2.21. The summed E-state index contributed by atoms with van der Waals surface area (Å²) in [6.07, 6.45) is 0. The van der Waals surface area contributed by atoms with Crippen LogP contribution >= 0.6 is 31.9 Å². The number of benzene rings is 1. The van der Waals surface area contributed by atoms with Gasteiger partial charge in [-0.05, 0) is 55.6 Å². The number of aromatic nitrogens is 1. The summed E-state index contributed by atoms with van der Waals surface area (Å²) >= 11 is 6.54. The second kappa shape index (κ2) is 6.10. The minimum absolute atomic E-state index is 0.139. The quantitative estimate of drug-likeness (QED) is 0.595. The second-order valence-electron chi connectivity index (χ2n) is 4.75. The highest BCUT2D eigenvalue weighted by Crippen LogP contribution is 2.35. The van der Waals surface area contributed by atoms with Crippen LogP contribution < -0.4 is 15.4 Å². The van der Waals surface area contributed by atoms with E-state index >= 15 is 0 Å². The summed E-state index contributed by atoms with van der Waals surface area (Å²) in [5.74, 6) is -0.00993. The van der Waals surface area contributed by atoms with Gasteiger partial charge in [0.2, 0.25) is 10.0 Å². The topological polar surface area (TPSA) is 100 Å². The van der Waals surface area contributed by atoms with E-state index in [4.69, 9.17) is 0 Å². The monoisotopic (exact) mass is 460 g/mol. The number of halogens is 2. The van der Waals surface area contributed by atoms with Gasteiger partial charge in [0.15, 0.2) is 5.82 Å². The Labute approximate surface area is 149 Å². The molecule has 7 nitrogen and oxygen atoms in total. The first-order valence-corrected chi connectivity index (χ1v) is 9.60. The van der Waals surface area contributed by atoms with Crippen LogP contribution in [0, 0.1) is 0 Å². The number of fused-ring (bicyclic) bond motifs is 1. The Kier molecular flexibility index (Phi) is 4.30. The third-order valence-corrected chi connectivity index (χ3v) is 5.33. The number of para-hydroxylation sites is 1. The molecule has 0 unspecified atom stereocenters. The van der Waals surface area contributed by atoms with Gasteiger partial charge in [-0.3, -0.25) is 10.0 Å². The minimum atomic E-state index is -3.44. The van der Waals surface area contributed by atoms with Crippen LogP contribution in [-0.4, -0.2) is 19.4 Å². The molecule has 0 fully saturated rings. The van der Waals surface area contributed by atoms with E-state index in [9.17, 15) is 13.2 Å². The molecule has 0 spiro atoms. The molecule has 10 heteroatoms. The van der Waals surface area contributed by atoms with Gasteiger partial charge >= 0.3 is 6.03 Å². The highest BCUT2D eigenvalue weighted by Gasteiger charge is 2.28. The van der Waals surface area contributed by atoms with Crippen molar-refractivity contribution < 1.29 is 13.2 Å². The lowest BCUT2D eigenvalue weighted by atomic mass is 10.2. The van der Waals surface area contributed by atoms with E-state index in [1.165, 1.54) is 0 Å². The molecule has 23 heavy (non-hydrogen) atoms. The van der Waals surface area contributed by atoms with Crippen LogP contribution in [0.2, 0.25) is 0 Å². The first-order valence-electron chi connectivity index (χ1n) is 6.36. The number of pyridine rings is 1. The van der Waals surface area contributed by atoms with Gasteiger partial charge in [0, 0.05) is 4.47 Å². The Morgan fingerprint density at radius 2 is 1.96 bits per heavy atom. The maximum atomic E-state index is 12.1. The number of sulfonamides is 1. The molecule has 120 valence electrons. The van der Waals surface area contributed by atoms with Crippen LogP contribution in [0.1, 0.15) is 5.56 Å². The highest BCUT2D eigenvalue weighted by molar-refractivity contribution is 9.10. The van der Waals surface area contributed by atoms with Gasteiger partial charge in [0.25, 0.3) is 0 Å². The third kappa shape index (κ3) is 3.65. The van der Waals surface area contributed by atoms with Gasteiger partial charge < -0.3 is 5.32 Å². The smallest absolute Gasteiger partial charge is 0.307 e. The summed E-state index contributed by atoms with van der Waals surface area (Å²) in [5, 5.41) is 5.22. The fraction of sp³-hybridized carbons (Fsp3) is 0.0769. The van der Waals surface area contributed by atoms with Crippen molar-refractivity contribution in [2.24, 2.45) is 0 Å². The third-order valence-electron chi connectivity index (χ3n) is 3.03. The number of nitrogens with zero attached hydrogens (tertiary/aromatic N) is 1. The van der Waals surface area contributed by atoms with Crippen LogP contribution in [0.15, 0.2) is 39.4 Å². The van der Waals surface area contributed by atoms with Crippen molar-refractivity contribution in [1.82, 2.24) is 4.98 Å². The van der Waals surface area contributed by atoms with Crippen LogP contribution in [0.3, 0.4) is 0 Å².